The predicted molar refractivity (Wildman–Crippen MR) is 144 cm³/mol. The van der Waals surface area contributed by atoms with Crippen molar-refractivity contribution in [3.63, 3.8) is 0 Å². The van der Waals surface area contributed by atoms with Gasteiger partial charge >= 0.3 is 0 Å². The van der Waals surface area contributed by atoms with Gasteiger partial charge in [-0.3, -0.25) is 9.59 Å². The third-order valence-electron chi connectivity index (χ3n) is 6.51. The number of amides is 2. The van der Waals surface area contributed by atoms with Gasteiger partial charge in [-0.1, -0.05) is 12.1 Å². The van der Waals surface area contributed by atoms with Crippen molar-refractivity contribution >= 4 is 23.2 Å². The molecule has 3 aromatic rings. The first-order valence-corrected chi connectivity index (χ1v) is 13.0. The van der Waals surface area contributed by atoms with E-state index < -0.39 is 0 Å². The van der Waals surface area contributed by atoms with Crippen molar-refractivity contribution in [3.8, 4) is 11.5 Å². The third kappa shape index (κ3) is 7.12. The Hall–Kier alpha value is -3.88. The molecule has 2 aliphatic rings. The van der Waals surface area contributed by atoms with Crippen LogP contribution in [0.25, 0.3) is 0 Å². The molecule has 0 spiro atoms. The first-order valence-electron chi connectivity index (χ1n) is 13.0. The van der Waals surface area contributed by atoms with Crippen LogP contribution >= 0.6 is 0 Å². The standard InChI is InChI=1S/C30H32N2O6/c33-29(31-23-5-1-7-25(17-23)37-19-27-9-3-15-35-27)21-11-13-22(14-12-21)30(34)32-24-6-2-8-26(18-24)38-20-28-10-4-16-36-28/h1-2,5-8,11-14,17-18,27-28H,3-4,9-10,15-16,19-20H2,(H,31,33)(H,32,34). The van der Waals surface area contributed by atoms with E-state index in [1.165, 1.54) is 0 Å². The van der Waals surface area contributed by atoms with Crippen LogP contribution in [0.2, 0.25) is 0 Å². The summed E-state index contributed by atoms with van der Waals surface area (Å²) in [5.41, 5.74) is 2.14. The van der Waals surface area contributed by atoms with Crippen molar-refractivity contribution in [2.75, 3.05) is 37.1 Å². The normalized spacial score (nSPS) is 18.6. The van der Waals surface area contributed by atoms with E-state index in [1.807, 2.05) is 24.3 Å². The SMILES string of the molecule is O=C(Nc1cccc(OCC2CCCO2)c1)c1ccc(C(=O)Nc2cccc(OCC3CCCO3)c2)cc1. The Kier molecular flexibility index (Phi) is 8.53. The van der Waals surface area contributed by atoms with Crippen LogP contribution < -0.4 is 20.1 Å². The van der Waals surface area contributed by atoms with Crippen LogP contribution in [-0.4, -0.2) is 50.4 Å². The molecular weight excluding hydrogens is 484 g/mol. The molecule has 2 heterocycles. The van der Waals surface area contributed by atoms with E-state index in [9.17, 15) is 9.59 Å². The average molecular weight is 517 g/mol. The predicted octanol–water partition coefficient (Wildman–Crippen LogP) is 5.31. The quantitative estimate of drug-likeness (QED) is 0.379. The Morgan fingerprint density at radius 3 is 1.53 bits per heavy atom. The summed E-state index contributed by atoms with van der Waals surface area (Å²) in [5, 5.41) is 5.76. The van der Waals surface area contributed by atoms with E-state index in [-0.39, 0.29) is 24.0 Å². The smallest absolute Gasteiger partial charge is 0.255 e. The highest BCUT2D eigenvalue weighted by Gasteiger charge is 2.17. The highest BCUT2D eigenvalue weighted by atomic mass is 16.5. The fourth-order valence-corrected chi connectivity index (χ4v) is 4.44. The molecule has 2 aliphatic heterocycles. The first-order chi connectivity index (χ1) is 18.6. The Bertz CT molecular complexity index is 1140. The fourth-order valence-electron chi connectivity index (χ4n) is 4.44. The molecule has 5 rings (SSSR count). The lowest BCUT2D eigenvalue weighted by molar-refractivity contribution is 0.0679. The van der Waals surface area contributed by atoms with Crippen molar-refractivity contribution in [2.45, 2.75) is 37.9 Å². The molecule has 0 aromatic heterocycles. The molecule has 2 fully saturated rings. The molecule has 0 radical (unpaired) electrons. The van der Waals surface area contributed by atoms with Gasteiger partial charge in [0, 0.05) is 47.8 Å². The molecule has 38 heavy (non-hydrogen) atoms. The van der Waals surface area contributed by atoms with Gasteiger partial charge in [0.1, 0.15) is 24.7 Å². The van der Waals surface area contributed by atoms with Gasteiger partial charge < -0.3 is 29.6 Å². The zero-order chi connectivity index (χ0) is 26.2. The maximum atomic E-state index is 12.8. The van der Waals surface area contributed by atoms with Crippen LogP contribution in [0.15, 0.2) is 72.8 Å². The van der Waals surface area contributed by atoms with Gasteiger partial charge in [0.15, 0.2) is 0 Å². The van der Waals surface area contributed by atoms with Crippen molar-refractivity contribution in [3.05, 3.63) is 83.9 Å². The molecule has 8 nitrogen and oxygen atoms in total. The van der Waals surface area contributed by atoms with Crippen molar-refractivity contribution in [1.29, 1.82) is 0 Å². The average Bonchev–Trinajstić information content (AvgIpc) is 3.66. The molecule has 3 aromatic carbocycles. The molecule has 2 atom stereocenters. The number of hydrogen-bond acceptors (Lipinski definition) is 6. The zero-order valence-electron chi connectivity index (χ0n) is 21.2. The summed E-state index contributed by atoms with van der Waals surface area (Å²) in [6.07, 6.45) is 4.37. The van der Waals surface area contributed by atoms with Gasteiger partial charge in [-0.15, -0.1) is 0 Å². The minimum Gasteiger partial charge on any atom is -0.491 e. The van der Waals surface area contributed by atoms with Crippen molar-refractivity contribution < 1.29 is 28.5 Å². The number of anilines is 2. The highest BCUT2D eigenvalue weighted by Crippen LogP contribution is 2.22. The third-order valence-corrected chi connectivity index (χ3v) is 6.51. The summed E-state index contributed by atoms with van der Waals surface area (Å²) in [6.45, 7) is 2.55. The molecule has 198 valence electrons. The minimum absolute atomic E-state index is 0.123. The maximum Gasteiger partial charge on any atom is 0.255 e. The Morgan fingerprint density at radius 1 is 0.684 bits per heavy atom. The minimum atomic E-state index is -0.274. The monoisotopic (exact) mass is 516 g/mol. The Labute approximate surface area is 222 Å². The van der Waals surface area contributed by atoms with Gasteiger partial charge in [0.2, 0.25) is 0 Å². The summed E-state index contributed by atoms with van der Waals surface area (Å²) in [7, 11) is 0. The lowest BCUT2D eigenvalue weighted by atomic mass is 10.1. The van der Waals surface area contributed by atoms with Crippen LogP contribution in [0.3, 0.4) is 0 Å². The number of carbonyl (C=O) groups excluding carboxylic acids is 2. The van der Waals surface area contributed by atoms with Crippen LogP contribution in [0, 0.1) is 0 Å². The molecular formula is C30H32N2O6. The number of rotatable bonds is 10. The second-order valence-electron chi connectivity index (χ2n) is 9.43. The van der Waals surface area contributed by atoms with Crippen molar-refractivity contribution in [1.82, 2.24) is 0 Å². The van der Waals surface area contributed by atoms with E-state index in [1.54, 1.807) is 48.5 Å². The number of ether oxygens (including phenoxy) is 4. The van der Waals surface area contributed by atoms with Crippen LogP contribution in [0.1, 0.15) is 46.4 Å². The van der Waals surface area contributed by atoms with Gasteiger partial charge in [-0.2, -0.15) is 0 Å². The summed E-state index contributed by atoms with van der Waals surface area (Å²) in [4.78, 5) is 25.5. The highest BCUT2D eigenvalue weighted by molar-refractivity contribution is 6.07. The topological polar surface area (TPSA) is 95.1 Å². The zero-order valence-corrected chi connectivity index (χ0v) is 21.2. The molecule has 2 amide bonds. The van der Waals surface area contributed by atoms with Gasteiger partial charge in [-0.05, 0) is 74.2 Å². The summed E-state index contributed by atoms with van der Waals surface area (Å²) < 4.78 is 22.8. The molecule has 8 heteroatoms. The van der Waals surface area contributed by atoms with E-state index in [4.69, 9.17) is 18.9 Å². The van der Waals surface area contributed by atoms with Gasteiger partial charge in [-0.25, -0.2) is 0 Å². The summed E-state index contributed by atoms with van der Waals surface area (Å²) in [6, 6.07) is 21.1. The van der Waals surface area contributed by atoms with E-state index in [2.05, 4.69) is 10.6 Å². The Morgan fingerprint density at radius 2 is 1.13 bits per heavy atom. The molecule has 0 aliphatic carbocycles. The van der Waals surface area contributed by atoms with E-state index in [0.717, 1.165) is 38.9 Å². The van der Waals surface area contributed by atoms with Crippen LogP contribution in [-0.2, 0) is 9.47 Å². The largest absolute Gasteiger partial charge is 0.491 e. The van der Waals surface area contributed by atoms with Crippen LogP contribution in [0.4, 0.5) is 11.4 Å². The molecule has 2 saturated heterocycles. The molecule has 2 unspecified atom stereocenters. The maximum absolute atomic E-state index is 12.8. The first kappa shape index (κ1) is 25.8. The lowest BCUT2D eigenvalue weighted by Crippen LogP contribution is -2.17. The molecule has 2 N–H and O–H groups in total. The van der Waals surface area contributed by atoms with Crippen LogP contribution in [0.5, 0.6) is 11.5 Å². The number of carbonyl (C=O) groups is 2. The van der Waals surface area contributed by atoms with Gasteiger partial charge in [0.25, 0.3) is 11.8 Å². The number of hydrogen-bond donors (Lipinski definition) is 2. The fraction of sp³-hybridized carbons (Fsp3) is 0.333. The number of nitrogens with one attached hydrogen (secondary N) is 2. The van der Waals surface area contributed by atoms with E-state index >= 15 is 0 Å². The van der Waals surface area contributed by atoms with Gasteiger partial charge in [0.05, 0.1) is 12.2 Å². The summed E-state index contributed by atoms with van der Waals surface area (Å²) in [5.74, 6) is 0.798. The lowest BCUT2D eigenvalue weighted by Gasteiger charge is -2.13. The molecule has 0 saturated carbocycles. The molecule has 0 bridgehead atoms. The Balaban J connectivity index is 1.13. The second kappa shape index (κ2) is 12.6. The second-order valence-corrected chi connectivity index (χ2v) is 9.43. The summed E-state index contributed by atoms with van der Waals surface area (Å²) >= 11 is 0. The van der Waals surface area contributed by atoms with E-state index in [0.29, 0.717) is 47.2 Å². The number of benzene rings is 3. The van der Waals surface area contributed by atoms with Crippen molar-refractivity contribution in [2.24, 2.45) is 0 Å².